The molecule has 0 fully saturated rings. The van der Waals surface area contributed by atoms with Crippen LogP contribution in [0.15, 0.2) is 23.0 Å². The maximum atomic E-state index is 11.0. The molecule has 1 unspecified atom stereocenters. The fourth-order valence-electron chi connectivity index (χ4n) is 1.11. The third-order valence-corrected chi connectivity index (χ3v) is 2.06. The maximum absolute atomic E-state index is 11.0. The Morgan fingerprint density at radius 3 is 2.46 bits per heavy atom. The Balaban J connectivity index is 3.02. The van der Waals surface area contributed by atoms with Gasteiger partial charge < -0.3 is 10.7 Å². The number of hydrogen-bond acceptors (Lipinski definition) is 2. The topological polar surface area (TPSA) is 58.9 Å². The van der Waals surface area contributed by atoms with Crippen LogP contribution in [-0.4, -0.2) is 4.98 Å². The molecule has 0 saturated carbocycles. The highest BCUT2D eigenvalue weighted by Crippen LogP contribution is 2.28. The van der Waals surface area contributed by atoms with E-state index in [1.54, 1.807) is 6.07 Å². The van der Waals surface area contributed by atoms with Crippen molar-refractivity contribution >= 4 is 0 Å². The fraction of sp³-hybridized carbons (Fsp3) is 0.500. The van der Waals surface area contributed by atoms with Crippen molar-refractivity contribution in [2.24, 2.45) is 11.1 Å². The van der Waals surface area contributed by atoms with Gasteiger partial charge in [0.25, 0.3) is 0 Å². The molecule has 1 aromatic rings. The normalized spacial score (nSPS) is 14.2. The molecule has 72 valence electrons. The van der Waals surface area contributed by atoms with E-state index in [4.69, 9.17) is 5.73 Å². The predicted octanol–water partition coefficient (Wildman–Crippen LogP) is 1.42. The molecule has 1 atom stereocenters. The highest BCUT2D eigenvalue weighted by Gasteiger charge is 2.22. The molecule has 0 aromatic carbocycles. The molecule has 0 amide bonds. The summed E-state index contributed by atoms with van der Waals surface area (Å²) in [6.45, 7) is 6.13. The lowest BCUT2D eigenvalue weighted by molar-refractivity contribution is 0.321. The van der Waals surface area contributed by atoms with E-state index in [9.17, 15) is 4.79 Å². The summed E-state index contributed by atoms with van der Waals surface area (Å²) in [6.07, 6.45) is 0. The van der Waals surface area contributed by atoms with E-state index < -0.39 is 0 Å². The SMILES string of the molecule is CC(C)(C)C(N)c1cccc(=O)[nH]1. The Hall–Kier alpha value is -1.09. The van der Waals surface area contributed by atoms with E-state index >= 15 is 0 Å². The molecule has 0 bridgehead atoms. The number of rotatable bonds is 1. The molecular weight excluding hydrogens is 164 g/mol. The second-order valence-corrected chi connectivity index (χ2v) is 4.31. The molecule has 0 aliphatic heterocycles. The van der Waals surface area contributed by atoms with Gasteiger partial charge in [-0.15, -0.1) is 0 Å². The number of nitrogens with one attached hydrogen (secondary N) is 1. The summed E-state index contributed by atoms with van der Waals surface area (Å²) in [6, 6.07) is 4.91. The quantitative estimate of drug-likeness (QED) is 0.686. The smallest absolute Gasteiger partial charge is 0.248 e. The lowest BCUT2D eigenvalue weighted by Gasteiger charge is -2.26. The number of pyridine rings is 1. The number of nitrogens with two attached hydrogens (primary N) is 1. The summed E-state index contributed by atoms with van der Waals surface area (Å²) in [5.74, 6) is 0. The van der Waals surface area contributed by atoms with Gasteiger partial charge in [-0.05, 0) is 11.5 Å². The van der Waals surface area contributed by atoms with Crippen LogP contribution >= 0.6 is 0 Å². The monoisotopic (exact) mass is 180 g/mol. The van der Waals surface area contributed by atoms with Crippen LogP contribution in [0.4, 0.5) is 0 Å². The van der Waals surface area contributed by atoms with E-state index in [0.29, 0.717) is 0 Å². The summed E-state index contributed by atoms with van der Waals surface area (Å²) in [5.41, 5.74) is 6.63. The first kappa shape index (κ1) is 9.99. The van der Waals surface area contributed by atoms with Crippen LogP contribution in [0.25, 0.3) is 0 Å². The first-order valence-electron chi connectivity index (χ1n) is 4.36. The third-order valence-electron chi connectivity index (χ3n) is 2.06. The zero-order valence-electron chi connectivity index (χ0n) is 8.29. The molecule has 0 spiro atoms. The van der Waals surface area contributed by atoms with Gasteiger partial charge in [-0.3, -0.25) is 4.79 Å². The van der Waals surface area contributed by atoms with Gasteiger partial charge in [0, 0.05) is 17.8 Å². The van der Waals surface area contributed by atoms with Crippen molar-refractivity contribution in [2.75, 3.05) is 0 Å². The van der Waals surface area contributed by atoms with Crippen LogP contribution in [-0.2, 0) is 0 Å². The van der Waals surface area contributed by atoms with Crippen LogP contribution in [0, 0.1) is 5.41 Å². The summed E-state index contributed by atoms with van der Waals surface area (Å²) in [5, 5.41) is 0. The Morgan fingerprint density at radius 1 is 1.38 bits per heavy atom. The van der Waals surface area contributed by atoms with Crippen LogP contribution in [0.2, 0.25) is 0 Å². The molecule has 0 radical (unpaired) electrons. The Labute approximate surface area is 78.0 Å². The van der Waals surface area contributed by atoms with Crippen LogP contribution in [0.3, 0.4) is 0 Å². The van der Waals surface area contributed by atoms with E-state index in [1.807, 2.05) is 26.8 Å². The van der Waals surface area contributed by atoms with Crippen LogP contribution in [0.1, 0.15) is 32.5 Å². The van der Waals surface area contributed by atoms with E-state index in [2.05, 4.69) is 4.98 Å². The van der Waals surface area contributed by atoms with Crippen LogP contribution in [0.5, 0.6) is 0 Å². The van der Waals surface area contributed by atoms with Crippen molar-refractivity contribution in [2.45, 2.75) is 26.8 Å². The predicted molar refractivity (Wildman–Crippen MR) is 53.4 cm³/mol. The number of aromatic nitrogens is 1. The molecule has 0 aliphatic carbocycles. The summed E-state index contributed by atoms with van der Waals surface area (Å²) in [4.78, 5) is 13.7. The van der Waals surface area contributed by atoms with Gasteiger partial charge in [0.15, 0.2) is 0 Å². The van der Waals surface area contributed by atoms with E-state index in [0.717, 1.165) is 5.69 Å². The second kappa shape index (κ2) is 3.34. The Kier molecular flexibility index (Phi) is 2.57. The Bertz CT molecular complexity index is 335. The average Bonchev–Trinajstić information content (AvgIpc) is 2.01. The molecule has 1 rings (SSSR count). The number of aromatic amines is 1. The first-order chi connectivity index (χ1) is 5.91. The minimum Gasteiger partial charge on any atom is -0.325 e. The zero-order chi connectivity index (χ0) is 10.1. The molecule has 0 saturated heterocycles. The standard InChI is InChI=1S/C10H16N2O/c1-10(2,3)9(11)7-5-4-6-8(13)12-7/h4-6,9H,11H2,1-3H3,(H,12,13). The van der Waals surface area contributed by atoms with Gasteiger partial charge in [0.2, 0.25) is 5.56 Å². The van der Waals surface area contributed by atoms with E-state index in [1.165, 1.54) is 6.07 Å². The van der Waals surface area contributed by atoms with Crippen molar-refractivity contribution < 1.29 is 0 Å². The lowest BCUT2D eigenvalue weighted by Crippen LogP contribution is -2.28. The van der Waals surface area contributed by atoms with Crippen molar-refractivity contribution in [3.8, 4) is 0 Å². The van der Waals surface area contributed by atoms with E-state index in [-0.39, 0.29) is 17.0 Å². The van der Waals surface area contributed by atoms with Gasteiger partial charge in [-0.1, -0.05) is 26.8 Å². The summed E-state index contributed by atoms with van der Waals surface area (Å²) >= 11 is 0. The maximum Gasteiger partial charge on any atom is 0.248 e. The average molecular weight is 180 g/mol. The lowest BCUT2D eigenvalue weighted by atomic mass is 9.85. The van der Waals surface area contributed by atoms with Crippen molar-refractivity contribution in [3.05, 3.63) is 34.2 Å². The third kappa shape index (κ3) is 2.42. The number of hydrogen-bond donors (Lipinski definition) is 2. The molecule has 3 N–H and O–H groups in total. The highest BCUT2D eigenvalue weighted by atomic mass is 16.1. The molecule has 1 aromatic heterocycles. The van der Waals surface area contributed by atoms with Crippen molar-refractivity contribution in [3.63, 3.8) is 0 Å². The van der Waals surface area contributed by atoms with Gasteiger partial charge >= 0.3 is 0 Å². The molecule has 1 heterocycles. The minimum atomic E-state index is -0.138. The molecule has 3 heteroatoms. The molecule has 13 heavy (non-hydrogen) atoms. The molecule has 0 aliphatic rings. The second-order valence-electron chi connectivity index (χ2n) is 4.31. The van der Waals surface area contributed by atoms with Crippen LogP contribution < -0.4 is 11.3 Å². The van der Waals surface area contributed by atoms with Gasteiger partial charge in [-0.25, -0.2) is 0 Å². The largest absolute Gasteiger partial charge is 0.325 e. The van der Waals surface area contributed by atoms with Gasteiger partial charge in [0.1, 0.15) is 0 Å². The number of H-pyrrole nitrogens is 1. The van der Waals surface area contributed by atoms with Gasteiger partial charge in [0.05, 0.1) is 0 Å². The van der Waals surface area contributed by atoms with Crippen molar-refractivity contribution in [1.29, 1.82) is 0 Å². The fourth-order valence-corrected chi connectivity index (χ4v) is 1.11. The molecular formula is C10H16N2O. The van der Waals surface area contributed by atoms with Gasteiger partial charge in [-0.2, -0.15) is 0 Å². The Morgan fingerprint density at radius 2 is 2.00 bits per heavy atom. The first-order valence-corrected chi connectivity index (χ1v) is 4.36. The minimum absolute atomic E-state index is 0.0374. The molecule has 3 nitrogen and oxygen atoms in total. The zero-order valence-corrected chi connectivity index (χ0v) is 8.29. The highest BCUT2D eigenvalue weighted by molar-refractivity contribution is 5.10. The van der Waals surface area contributed by atoms with Crippen molar-refractivity contribution in [1.82, 2.24) is 4.98 Å². The summed E-state index contributed by atoms with van der Waals surface area (Å²) in [7, 11) is 0. The summed E-state index contributed by atoms with van der Waals surface area (Å²) < 4.78 is 0.